The number of hydrogen-bond acceptors (Lipinski definition) is 3. The highest BCUT2D eigenvalue weighted by Gasteiger charge is 2.19. The van der Waals surface area contributed by atoms with Crippen molar-refractivity contribution in [3.63, 3.8) is 0 Å². The van der Waals surface area contributed by atoms with E-state index < -0.39 is 0 Å². The molecule has 0 spiro atoms. The van der Waals surface area contributed by atoms with Crippen molar-refractivity contribution < 1.29 is 0 Å². The van der Waals surface area contributed by atoms with Crippen molar-refractivity contribution >= 4 is 47.4 Å². The lowest BCUT2D eigenvalue weighted by Gasteiger charge is -2.34. The second kappa shape index (κ2) is 11.8. The summed E-state index contributed by atoms with van der Waals surface area (Å²) < 4.78 is 0. The highest BCUT2D eigenvalue weighted by molar-refractivity contribution is 14.0. The zero-order valence-electron chi connectivity index (χ0n) is 14.1. The van der Waals surface area contributed by atoms with Crippen LogP contribution in [-0.4, -0.2) is 50.7 Å². The van der Waals surface area contributed by atoms with Crippen LogP contribution < -0.4 is 15.5 Å². The molecule has 0 aromatic heterocycles. The van der Waals surface area contributed by atoms with E-state index in [0.717, 1.165) is 38.4 Å². The molecular formula is C17H29IN4S. The van der Waals surface area contributed by atoms with Crippen LogP contribution in [0, 0.1) is 0 Å². The number of benzene rings is 1. The Morgan fingerprint density at radius 1 is 1.26 bits per heavy atom. The predicted octanol–water partition coefficient (Wildman–Crippen LogP) is 3.19. The Bertz CT molecular complexity index is 447. The molecule has 1 aliphatic heterocycles. The third-order valence-corrected chi connectivity index (χ3v) is 4.70. The first kappa shape index (κ1) is 20.4. The van der Waals surface area contributed by atoms with Crippen LogP contribution in [0.2, 0.25) is 0 Å². The van der Waals surface area contributed by atoms with Crippen molar-refractivity contribution in [2.24, 2.45) is 4.99 Å². The van der Waals surface area contributed by atoms with Crippen molar-refractivity contribution in [2.45, 2.75) is 25.3 Å². The molecule has 2 rings (SSSR count). The second-order valence-electron chi connectivity index (χ2n) is 5.59. The number of rotatable bonds is 6. The fraction of sp³-hybridized carbons (Fsp3) is 0.588. The number of piperidine rings is 1. The van der Waals surface area contributed by atoms with Gasteiger partial charge in [-0.3, -0.25) is 4.99 Å². The Labute approximate surface area is 161 Å². The van der Waals surface area contributed by atoms with Crippen molar-refractivity contribution in [2.75, 3.05) is 43.6 Å². The van der Waals surface area contributed by atoms with Gasteiger partial charge in [0.2, 0.25) is 0 Å². The van der Waals surface area contributed by atoms with Crippen molar-refractivity contribution in [1.82, 2.24) is 10.6 Å². The number of thioether (sulfide) groups is 1. The lowest BCUT2D eigenvalue weighted by molar-refractivity contribution is 0.461. The first-order valence-electron chi connectivity index (χ1n) is 8.09. The summed E-state index contributed by atoms with van der Waals surface area (Å²) in [6.07, 6.45) is 5.63. The fourth-order valence-electron chi connectivity index (χ4n) is 2.73. The minimum absolute atomic E-state index is 0. The molecule has 1 heterocycles. The molecular weight excluding hydrogens is 419 g/mol. The van der Waals surface area contributed by atoms with Crippen LogP contribution in [0.5, 0.6) is 0 Å². The van der Waals surface area contributed by atoms with Gasteiger partial charge in [-0.25, -0.2) is 0 Å². The summed E-state index contributed by atoms with van der Waals surface area (Å²) in [5, 5.41) is 6.97. The van der Waals surface area contributed by atoms with Gasteiger partial charge < -0.3 is 15.5 Å². The third-order valence-electron chi connectivity index (χ3n) is 4.00. The second-order valence-corrected chi connectivity index (χ2v) is 6.57. The SMILES string of the molecule is CN=C(NCCCSC)NC1CCN(c2ccccc2)CC1.I. The molecule has 23 heavy (non-hydrogen) atoms. The Morgan fingerprint density at radius 3 is 2.57 bits per heavy atom. The smallest absolute Gasteiger partial charge is 0.191 e. The first-order valence-corrected chi connectivity index (χ1v) is 9.49. The Balaban J connectivity index is 0.00000264. The lowest BCUT2D eigenvalue weighted by Crippen LogP contribution is -2.48. The van der Waals surface area contributed by atoms with E-state index in [-0.39, 0.29) is 24.0 Å². The maximum atomic E-state index is 4.33. The van der Waals surface area contributed by atoms with Crippen LogP contribution in [-0.2, 0) is 0 Å². The summed E-state index contributed by atoms with van der Waals surface area (Å²) in [7, 11) is 1.85. The van der Waals surface area contributed by atoms with Gasteiger partial charge >= 0.3 is 0 Å². The predicted molar refractivity (Wildman–Crippen MR) is 115 cm³/mol. The van der Waals surface area contributed by atoms with Crippen LogP contribution in [0.25, 0.3) is 0 Å². The molecule has 0 aliphatic carbocycles. The first-order chi connectivity index (χ1) is 10.8. The van der Waals surface area contributed by atoms with Gasteiger partial charge in [-0.15, -0.1) is 24.0 Å². The van der Waals surface area contributed by atoms with Crippen LogP contribution in [0.3, 0.4) is 0 Å². The summed E-state index contributed by atoms with van der Waals surface area (Å²) in [5.41, 5.74) is 1.33. The van der Waals surface area contributed by atoms with E-state index in [9.17, 15) is 0 Å². The van der Waals surface area contributed by atoms with Crippen molar-refractivity contribution in [3.05, 3.63) is 30.3 Å². The molecule has 1 aliphatic rings. The number of para-hydroxylation sites is 1. The van der Waals surface area contributed by atoms with Crippen LogP contribution in [0.4, 0.5) is 5.69 Å². The van der Waals surface area contributed by atoms with Gasteiger partial charge in [-0.2, -0.15) is 11.8 Å². The molecule has 0 amide bonds. The topological polar surface area (TPSA) is 39.7 Å². The minimum atomic E-state index is 0. The summed E-state index contributed by atoms with van der Waals surface area (Å²) in [6.45, 7) is 3.19. The number of aliphatic imine (C=N–C) groups is 1. The monoisotopic (exact) mass is 448 g/mol. The van der Waals surface area contributed by atoms with Gasteiger partial charge in [0.1, 0.15) is 0 Å². The van der Waals surface area contributed by atoms with E-state index in [0.29, 0.717) is 6.04 Å². The number of nitrogens with one attached hydrogen (secondary N) is 2. The Kier molecular flexibility index (Phi) is 10.5. The molecule has 2 N–H and O–H groups in total. The zero-order valence-corrected chi connectivity index (χ0v) is 17.3. The van der Waals surface area contributed by atoms with Crippen LogP contribution in [0.1, 0.15) is 19.3 Å². The molecule has 0 saturated carbocycles. The van der Waals surface area contributed by atoms with E-state index in [2.05, 4.69) is 57.1 Å². The summed E-state index contributed by atoms with van der Waals surface area (Å²) in [4.78, 5) is 6.80. The summed E-state index contributed by atoms with van der Waals surface area (Å²) >= 11 is 1.89. The van der Waals surface area contributed by atoms with E-state index in [1.807, 2.05) is 18.8 Å². The normalized spacial score (nSPS) is 15.9. The van der Waals surface area contributed by atoms with Gasteiger partial charge in [-0.1, -0.05) is 18.2 Å². The maximum absolute atomic E-state index is 4.33. The summed E-state index contributed by atoms with van der Waals surface area (Å²) in [5.74, 6) is 2.14. The van der Waals surface area contributed by atoms with E-state index >= 15 is 0 Å². The molecule has 1 aromatic carbocycles. The standard InChI is InChI=1S/C17H28N4S.HI/c1-18-17(19-11-6-14-22-2)20-15-9-12-21(13-10-15)16-7-4-3-5-8-16;/h3-5,7-8,15H,6,9-14H2,1-2H3,(H2,18,19,20);1H. The van der Waals surface area contributed by atoms with Gasteiger partial charge in [0.05, 0.1) is 0 Å². The third kappa shape index (κ3) is 7.20. The molecule has 1 aromatic rings. The van der Waals surface area contributed by atoms with Gasteiger partial charge in [0.25, 0.3) is 0 Å². The average Bonchev–Trinajstić information content (AvgIpc) is 2.59. The molecule has 130 valence electrons. The molecule has 4 nitrogen and oxygen atoms in total. The highest BCUT2D eigenvalue weighted by atomic mass is 127. The molecule has 1 fully saturated rings. The maximum Gasteiger partial charge on any atom is 0.191 e. The van der Waals surface area contributed by atoms with Crippen molar-refractivity contribution in [3.8, 4) is 0 Å². The van der Waals surface area contributed by atoms with Crippen LogP contribution in [0.15, 0.2) is 35.3 Å². The van der Waals surface area contributed by atoms with Gasteiger partial charge in [0.15, 0.2) is 5.96 Å². The molecule has 0 radical (unpaired) electrons. The number of guanidine groups is 1. The Hall–Kier alpha value is -0.630. The molecule has 0 atom stereocenters. The quantitative estimate of drug-likeness (QED) is 0.304. The van der Waals surface area contributed by atoms with Gasteiger partial charge in [0, 0.05) is 38.4 Å². The molecule has 0 bridgehead atoms. The van der Waals surface area contributed by atoms with E-state index in [1.54, 1.807) is 0 Å². The van der Waals surface area contributed by atoms with E-state index in [4.69, 9.17) is 0 Å². The fourth-order valence-corrected chi connectivity index (χ4v) is 3.17. The number of halogens is 1. The minimum Gasteiger partial charge on any atom is -0.371 e. The van der Waals surface area contributed by atoms with Crippen molar-refractivity contribution in [1.29, 1.82) is 0 Å². The zero-order chi connectivity index (χ0) is 15.6. The summed E-state index contributed by atoms with van der Waals surface area (Å²) in [6, 6.07) is 11.2. The number of anilines is 1. The largest absolute Gasteiger partial charge is 0.371 e. The molecule has 1 saturated heterocycles. The van der Waals surface area contributed by atoms with E-state index in [1.165, 1.54) is 17.9 Å². The number of nitrogens with zero attached hydrogens (tertiary/aromatic N) is 2. The number of hydrogen-bond donors (Lipinski definition) is 2. The highest BCUT2D eigenvalue weighted by Crippen LogP contribution is 2.19. The molecule has 6 heteroatoms. The van der Waals surface area contributed by atoms with Crippen LogP contribution >= 0.6 is 35.7 Å². The molecule has 0 unspecified atom stereocenters. The average molecular weight is 448 g/mol. The van der Waals surface area contributed by atoms with Gasteiger partial charge in [-0.05, 0) is 43.4 Å². The Morgan fingerprint density at radius 2 is 1.96 bits per heavy atom. The lowest BCUT2D eigenvalue weighted by atomic mass is 10.0.